The average Bonchev–Trinajstić information content (AvgIpc) is 2.40. The highest BCUT2D eigenvalue weighted by atomic mass is 32.2. The molecule has 2 atom stereocenters. The lowest BCUT2D eigenvalue weighted by Gasteiger charge is -2.10. The predicted octanol–water partition coefficient (Wildman–Crippen LogP) is -1.80. The first kappa shape index (κ1) is 16.3. The van der Waals surface area contributed by atoms with Gasteiger partial charge < -0.3 is 15.9 Å². The molecule has 112 valence electrons. The van der Waals surface area contributed by atoms with Crippen molar-refractivity contribution in [2.45, 2.75) is 17.4 Å². The van der Waals surface area contributed by atoms with Crippen molar-refractivity contribution in [3.05, 3.63) is 20.8 Å². The Kier molecular flexibility index (Phi) is 5.01. The molecule has 0 radical (unpaired) electrons. The van der Waals surface area contributed by atoms with E-state index in [1.165, 1.54) is 14.1 Å². The van der Waals surface area contributed by atoms with Gasteiger partial charge in [-0.25, -0.2) is 4.79 Å². The predicted molar refractivity (Wildman–Crippen MR) is 75.2 cm³/mol. The Hall–Kier alpha value is -1.74. The normalized spacial score (nSPS) is 14.0. The van der Waals surface area contributed by atoms with Crippen LogP contribution in [0.15, 0.2) is 14.5 Å². The number of aliphatic carboxylic acids is 1. The number of carbonyl (C=O) groups is 1. The molecule has 2 unspecified atom stereocenters. The minimum absolute atomic E-state index is 0.118. The van der Waals surface area contributed by atoms with Crippen LogP contribution in [0, 0.1) is 0 Å². The van der Waals surface area contributed by atoms with Gasteiger partial charge in [-0.3, -0.25) is 18.7 Å². The summed E-state index contributed by atoms with van der Waals surface area (Å²) >= 11 is 0. The van der Waals surface area contributed by atoms with Crippen LogP contribution < -0.4 is 17.0 Å². The van der Waals surface area contributed by atoms with Crippen LogP contribution in [0.5, 0.6) is 5.88 Å². The molecule has 4 N–H and O–H groups in total. The maximum absolute atomic E-state index is 12.0. The molecule has 1 aromatic heterocycles. The lowest BCUT2D eigenvalue weighted by atomic mass is 10.2. The van der Waals surface area contributed by atoms with Gasteiger partial charge >= 0.3 is 17.2 Å². The van der Waals surface area contributed by atoms with Crippen molar-refractivity contribution in [1.82, 2.24) is 9.13 Å². The quantitative estimate of drug-likeness (QED) is 0.551. The number of rotatable bonds is 5. The monoisotopic (exact) mass is 304 g/mol. The summed E-state index contributed by atoms with van der Waals surface area (Å²) in [5, 5.41) is 18.7. The van der Waals surface area contributed by atoms with Gasteiger partial charge in [0.25, 0.3) is 10.8 Å². The van der Waals surface area contributed by atoms with Gasteiger partial charge in [0.2, 0.25) is 0 Å². The third-order valence-corrected chi connectivity index (χ3v) is 4.90. The Labute approximate surface area is 117 Å². The van der Waals surface area contributed by atoms with Crippen LogP contribution in [0.4, 0.5) is 0 Å². The summed E-state index contributed by atoms with van der Waals surface area (Å²) in [6.45, 7) is 0. The number of carboxylic acids is 1. The number of nitrogens with two attached hydrogens (primary N) is 1. The first-order chi connectivity index (χ1) is 9.18. The molecule has 1 aromatic rings. The Morgan fingerprint density at radius 3 is 2.40 bits per heavy atom. The zero-order valence-corrected chi connectivity index (χ0v) is 12.3. The van der Waals surface area contributed by atoms with E-state index in [-0.39, 0.29) is 17.2 Å². The van der Waals surface area contributed by atoms with Crippen molar-refractivity contribution in [3.63, 3.8) is 0 Å². The molecule has 0 aliphatic rings. The van der Waals surface area contributed by atoms with E-state index in [1.54, 1.807) is 6.26 Å². The second-order valence-electron chi connectivity index (χ2n) is 4.43. The minimum Gasteiger partial charge on any atom is -0.491 e. The summed E-state index contributed by atoms with van der Waals surface area (Å²) < 4.78 is 1.90. The zero-order valence-electron chi connectivity index (χ0n) is 11.5. The van der Waals surface area contributed by atoms with E-state index >= 15 is 0 Å². The average molecular weight is 304 g/mol. The maximum Gasteiger partial charge on any atom is 0.333 e. The number of nitrogens with zero attached hydrogens (tertiary/aromatic N) is 2. The van der Waals surface area contributed by atoms with E-state index in [2.05, 4.69) is 0 Å². The van der Waals surface area contributed by atoms with Gasteiger partial charge in [0.1, 0.15) is 18.1 Å². The molecule has 0 amide bonds. The summed E-state index contributed by atoms with van der Waals surface area (Å²) in [6, 6.07) is -1.01. The fraction of sp³-hybridized carbons (Fsp3) is 0.545. The van der Waals surface area contributed by atoms with Gasteiger partial charge in [-0.2, -0.15) is 0 Å². The molecule has 0 aliphatic heterocycles. The molecule has 0 saturated heterocycles. The molecule has 0 aliphatic carbocycles. The molecular weight excluding hydrogens is 286 g/mol. The summed E-state index contributed by atoms with van der Waals surface area (Å²) in [5.41, 5.74) is 4.22. The second-order valence-corrected chi connectivity index (χ2v) is 6.52. The summed E-state index contributed by atoms with van der Waals surface area (Å²) in [5.74, 6) is -1.15. The van der Waals surface area contributed by atoms with E-state index in [0.29, 0.717) is 5.75 Å². The number of aromatic hydroxyl groups is 1. The van der Waals surface area contributed by atoms with Crippen LogP contribution in [0.3, 0.4) is 0 Å². The van der Waals surface area contributed by atoms with Crippen LogP contribution in [-0.4, -0.2) is 43.4 Å². The van der Waals surface area contributed by atoms with Crippen LogP contribution in [-0.2, 0) is 29.8 Å². The van der Waals surface area contributed by atoms with Crippen LogP contribution in [0.1, 0.15) is 6.42 Å². The summed E-state index contributed by atoms with van der Waals surface area (Å²) in [6.07, 6.45) is 1.88. The van der Waals surface area contributed by atoms with Gasteiger partial charge in [0.15, 0.2) is 0 Å². The highest BCUT2D eigenvalue weighted by Crippen LogP contribution is 2.18. The molecule has 0 saturated carbocycles. The number of carboxylic acid groups (broad SMARTS) is 1. The third kappa shape index (κ3) is 3.05. The van der Waals surface area contributed by atoms with Crippen molar-refractivity contribution in [1.29, 1.82) is 0 Å². The van der Waals surface area contributed by atoms with Gasteiger partial charge in [-0.15, -0.1) is 0 Å². The zero-order chi connectivity index (χ0) is 15.6. The molecule has 20 heavy (non-hydrogen) atoms. The van der Waals surface area contributed by atoms with Crippen LogP contribution >= 0.6 is 0 Å². The summed E-state index contributed by atoms with van der Waals surface area (Å²) in [4.78, 5) is 34.4. The molecule has 0 fully saturated rings. The molecule has 0 spiro atoms. The van der Waals surface area contributed by atoms with Crippen molar-refractivity contribution >= 4 is 16.9 Å². The highest BCUT2D eigenvalue weighted by molar-refractivity contribution is 7.96. The summed E-state index contributed by atoms with van der Waals surface area (Å²) in [7, 11) is 1.98. The lowest BCUT2D eigenvalue weighted by molar-refractivity contribution is -0.138. The smallest absolute Gasteiger partial charge is 0.333 e. The second kappa shape index (κ2) is 6.14. The largest absolute Gasteiger partial charge is 0.491 e. The highest BCUT2D eigenvalue weighted by Gasteiger charge is 2.30. The number of aromatic nitrogens is 2. The molecule has 9 heteroatoms. The Balaban J connectivity index is 3.12. The fourth-order valence-corrected chi connectivity index (χ4v) is 3.33. The maximum atomic E-state index is 12.0. The van der Waals surface area contributed by atoms with Crippen molar-refractivity contribution in [2.75, 3.05) is 12.0 Å². The van der Waals surface area contributed by atoms with Gasteiger partial charge in [0, 0.05) is 31.4 Å². The Bertz CT molecular complexity index is 636. The third-order valence-electron chi connectivity index (χ3n) is 2.99. The molecular formula is C11H18N3O5S+. The van der Waals surface area contributed by atoms with E-state index in [1.807, 2.05) is 0 Å². The van der Waals surface area contributed by atoms with Gasteiger partial charge in [0.05, 0.1) is 0 Å². The lowest BCUT2D eigenvalue weighted by Crippen LogP contribution is -2.40. The van der Waals surface area contributed by atoms with Crippen molar-refractivity contribution < 1.29 is 15.0 Å². The molecule has 8 nitrogen and oxygen atoms in total. The first-order valence-corrected chi connectivity index (χ1v) is 7.58. The number of hydrogen-bond donors (Lipinski definition) is 3. The SMILES string of the molecule is Cn1c(O)c([S+](C)CCC(N)C(=O)O)c(=O)n(C)c1=O. The van der Waals surface area contributed by atoms with E-state index in [9.17, 15) is 19.5 Å². The fourth-order valence-electron chi connectivity index (χ4n) is 1.64. The van der Waals surface area contributed by atoms with Gasteiger partial charge in [-0.05, 0) is 0 Å². The number of hydrogen-bond acceptors (Lipinski definition) is 5. The van der Waals surface area contributed by atoms with Crippen molar-refractivity contribution in [3.8, 4) is 5.88 Å². The molecule has 0 aromatic carbocycles. The Morgan fingerprint density at radius 2 is 1.90 bits per heavy atom. The minimum atomic E-state index is -1.11. The molecule has 0 bridgehead atoms. The van der Waals surface area contributed by atoms with Gasteiger partial charge in [-0.1, -0.05) is 0 Å². The standard InChI is InChI=1S/C11H17N3O5S/c1-13-8(15)7(9(16)14(2)11(13)19)20(3)5-4-6(12)10(17)18/h6H,4-5,12H2,1-3H3,(H-,15,16,17,18)/p+1. The first-order valence-electron chi connectivity index (χ1n) is 5.78. The van der Waals surface area contributed by atoms with E-state index < -0.39 is 34.2 Å². The van der Waals surface area contributed by atoms with E-state index in [0.717, 1.165) is 9.13 Å². The van der Waals surface area contributed by atoms with Crippen molar-refractivity contribution in [2.24, 2.45) is 19.8 Å². The van der Waals surface area contributed by atoms with E-state index in [4.69, 9.17) is 10.8 Å². The van der Waals surface area contributed by atoms with Crippen LogP contribution in [0.2, 0.25) is 0 Å². The topological polar surface area (TPSA) is 128 Å². The Morgan fingerprint density at radius 1 is 1.35 bits per heavy atom. The molecule has 1 rings (SSSR count). The molecule has 1 heterocycles. The van der Waals surface area contributed by atoms with Crippen LogP contribution in [0.25, 0.3) is 0 Å².